The fraction of sp³-hybridized carbons (Fsp3) is 0. The van der Waals surface area contributed by atoms with Crippen molar-refractivity contribution in [2.45, 2.75) is 0 Å². The van der Waals surface area contributed by atoms with Crippen molar-refractivity contribution in [1.82, 2.24) is 4.98 Å². The summed E-state index contributed by atoms with van der Waals surface area (Å²) in [6.45, 7) is 0. The first kappa shape index (κ1) is 33.5. The second kappa shape index (κ2) is 14.0. The molecule has 0 bridgehead atoms. The molecule has 268 valence electrons. The molecule has 0 aliphatic heterocycles. The third-order valence-electron chi connectivity index (χ3n) is 10.9. The van der Waals surface area contributed by atoms with Crippen LogP contribution in [0.1, 0.15) is 0 Å². The number of aromatic nitrogens is 1. The summed E-state index contributed by atoms with van der Waals surface area (Å²) in [6, 6.07) is 74.6. The lowest BCUT2D eigenvalue weighted by atomic mass is 10.00. The van der Waals surface area contributed by atoms with E-state index in [0.717, 1.165) is 27.6 Å². The molecule has 2 nitrogen and oxygen atoms in total. The van der Waals surface area contributed by atoms with Gasteiger partial charge >= 0.3 is 0 Å². The van der Waals surface area contributed by atoms with Crippen LogP contribution in [0.3, 0.4) is 0 Å². The fourth-order valence-electron chi connectivity index (χ4n) is 7.95. The van der Waals surface area contributed by atoms with Crippen molar-refractivity contribution in [1.29, 1.82) is 0 Å². The maximum absolute atomic E-state index is 5.00. The maximum Gasteiger partial charge on any atom is 0.124 e. The molecule has 0 aliphatic carbocycles. The molecule has 0 spiro atoms. The molecule has 0 unspecified atom stereocenters. The Kier molecular flexibility index (Phi) is 8.24. The van der Waals surface area contributed by atoms with Crippen LogP contribution in [0, 0.1) is 0 Å². The molecular weight excluding hydrogens is 729 g/mol. The summed E-state index contributed by atoms with van der Waals surface area (Å²) < 4.78 is 3.79. The number of hydrogen-bond acceptors (Lipinski definition) is 4. The van der Waals surface area contributed by atoms with Crippen molar-refractivity contribution >= 4 is 80.9 Å². The summed E-state index contributed by atoms with van der Waals surface area (Å²) >= 11 is 3.62. The average Bonchev–Trinajstić information content (AvgIpc) is 3.87. The van der Waals surface area contributed by atoms with Gasteiger partial charge in [-0.1, -0.05) is 146 Å². The zero-order chi connectivity index (χ0) is 37.7. The minimum atomic E-state index is 1.07. The van der Waals surface area contributed by atoms with Gasteiger partial charge in [-0.15, -0.1) is 22.7 Å². The molecular formula is C53H34N2S2. The Morgan fingerprint density at radius 3 is 1.49 bits per heavy atom. The molecule has 0 radical (unpaired) electrons. The Balaban J connectivity index is 0.944. The van der Waals surface area contributed by atoms with Gasteiger partial charge < -0.3 is 4.90 Å². The number of anilines is 3. The number of thiazole rings is 1. The van der Waals surface area contributed by atoms with Crippen LogP contribution in [0.5, 0.6) is 0 Å². The van der Waals surface area contributed by atoms with Crippen LogP contribution in [0.4, 0.5) is 17.1 Å². The van der Waals surface area contributed by atoms with E-state index in [1.807, 2.05) is 11.3 Å². The van der Waals surface area contributed by atoms with Crippen molar-refractivity contribution < 1.29 is 0 Å². The third kappa shape index (κ3) is 6.26. The molecule has 0 saturated carbocycles. The minimum absolute atomic E-state index is 1.07. The monoisotopic (exact) mass is 762 g/mol. The van der Waals surface area contributed by atoms with Crippen LogP contribution in [-0.2, 0) is 0 Å². The first-order valence-corrected chi connectivity index (χ1v) is 20.8. The zero-order valence-corrected chi connectivity index (χ0v) is 32.5. The van der Waals surface area contributed by atoms with Crippen molar-refractivity contribution in [2.24, 2.45) is 0 Å². The summed E-state index contributed by atoms with van der Waals surface area (Å²) in [6.07, 6.45) is 0. The molecule has 0 fully saturated rings. The van der Waals surface area contributed by atoms with E-state index < -0.39 is 0 Å². The van der Waals surface area contributed by atoms with Gasteiger partial charge in [0.15, 0.2) is 0 Å². The van der Waals surface area contributed by atoms with Gasteiger partial charge in [0.25, 0.3) is 0 Å². The lowest BCUT2D eigenvalue weighted by Gasteiger charge is -2.26. The summed E-state index contributed by atoms with van der Waals surface area (Å²) in [4.78, 5) is 7.37. The van der Waals surface area contributed by atoms with Crippen molar-refractivity contribution in [2.75, 3.05) is 4.90 Å². The molecule has 11 rings (SSSR count). The van der Waals surface area contributed by atoms with Gasteiger partial charge in [0.05, 0.1) is 10.2 Å². The van der Waals surface area contributed by atoms with Crippen LogP contribution < -0.4 is 4.90 Å². The Bertz CT molecular complexity index is 3200. The molecule has 0 atom stereocenters. The van der Waals surface area contributed by atoms with E-state index in [2.05, 4.69) is 211 Å². The largest absolute Gasteiger partial charge is 0.310 e. The minimum Gasteiger partial charge on any atom is -0.310 e. The van der Waals surface area contributed by atoms with E-state index in [1.165, 1.54) is 74.6 Å². The molecule has 0 aliphatic rings. The van der Waals surface area contributed by atoms with Crippen molar-refractivity contribution in [3.8, 4) is 44.0 Å². The van der Waals surface area contributed by atoms with E-state index in [1.54, 1.807) is 11.3 Å². The molecule has 57 heavy (non-hydrogen) atoms. The molecule has 2 aromatic heterocycles. The van der Waals surface area contributed by atoms with Gasteiger partial charge in [0, 0.05) is 42.8 Å². The highest BCUT2D eigenvalue weighted by molar-refractivity contribution is 7.26. The highest BCUT2D eigenvalue weighted by atomic mass is 32.1. The predicted molar refractivity (Wildman–Crippen MR) is 246 cm³/mol. The molecule has 4 heteroatoms. The first-order chi connectivity index (χ1) is 28.2. The van der Waals surface area contributed by atoms with Crippen LogP contribution in [-0.4, -0.2) is 4.98 Å². The van der Waals surface area contributed by atoms with Crippen molar-refractivity contribution in [3.63, 3.8) is 0 Å². The number of rotatable bonds is 7. The summed E-state index contributed by atoms with van der Waals surface area (Å²) in [5.74, 6) is 0. The smallest absolute Gasteiger partial charge is 0.124 e. The quantitative estimate of drug-likeness (QED) is 0.161. The standard InChI is InChI=1S/C53H34N2S2/c1-4-10-35(11-5-1)37-18-24-44(25-19-37)55(46-28-22-41-30-40(16-17-42(41)31-46)36-12-6-2-7-13-36)45-26-20-38(21-27-45)43-23-29-47-48-33-52-49(34-51(48)56-50(47)32-43)54-53(57-52)39-14-8-3-9-15-39/h1-34H. The normalized spacial score (nSPS) is 11.5. The number of benzene rings is 9. The molecule has 2 heterocycles. The Labute approximate surface area is 339 Å². The maximum atomic E-state index is 5.00. The van der Waals surface area contributed by atoms with Crippen LogP contribution >= 0.6 is 22.7 Å². The van der Waals surface area contributed by atoms with Gasteiger partial charge in [0.2, 0.25) is 0 Å². The van der Waals surface area contributed by atoms with Crippen molar-refractivity contribution in [3.05, 3.63) is 206 Å². The third-order valence-corrected chi connectivity index (χ3v) is 13.1. The van der Waals surface area contributed by atoms with Gasteiger partial charge in [-0.2, -0.15) is 0 Å². The molecule has 0 N–H and O–H groups in total. The van der Waals surface area contributed by atoms with E-state index >= 15 is 0 Å². The highest BCUT2D eigenvalue weighted by Crippen LogP contribution is 2.42. The van der Waals surface area contributed by atoms with Gasteiger partial charge in [-0.3, -0.25) is 0 Å². The highest BCUT2D eigenvalue weighted by Gasteiger charge is 2.16. The Morgan fingerprint density at radius 1 is 0.316 bits per heavy atom. The van der Waals surface area contributed by atoms with Crippen LogP contribution in [0.2, 0.25) is 0 Å². The lowest BCUT2D eigenvalue weighted by Crippen LogP contribution is -2.09. The average molecular weight is 763 g/mol. The first-order valence-electron chi connectivity index (χ1n) is 19.2. The zero-order valence-electron chi connectivity index (χ0n) is 30.8. The van der Waals surface area contributed by atoms with E-state index in [0.29, 0.717) is 0 Å². The van der Waals surface area contributed by atoms with Crippen LogP contribution in [0.25, 0.3) is 85.1 Å². The molecule has 9 aromatic carbocycles. The SMILES string of the molecule is c1ccc(-c2ccc(N(c3ccc(-c4ccc5c(c4)sc4cc6nc(-c7ccccc7)sc6cc45)cc3)c3ccc4cc(-c5ccccc5)ccc4c3)cc2)cc1. The van der Waals surface area contributed by atoms with Crippen LogP contribution in [0.15, 0.2) is 206 Å². The van der Waals surface area contributed by atoms with E-state index in [9.17, 15) is 0 Å². The fourth-order valence-corrected chi connectivity index (χ4v) is 10.1. The molecule has 0 saturated heterocycles. The van der Waals surface area contributed by atoms with Gasteiger partial charge in [-0.05, 0) is 105 Å². The predicted octanol–water partition coefficient (Wildman–Crippen LogP) is 16.0. The molecule has 11 aromatic rings. The van der Waals surface area contributed by atoms with Gasteiger partial charge in [-0.25, -0.2) is 4.98 Å². The number of fused-ring (bicyclic) bond motifs is 5. The second-order valence-electron chi connectivity index (χ2n) is 14.4. The van der Waals surface area contributed by atoms with E-state index in [-0.39, 0.29) is 0 Å². The topological polar surface area (TPSA) is 16.1 Å². The number of hydrogen-bond donors (Lipinski definition) is 0. The Morgan fingerprint density at radius 2 is 0.807 bits per heavy atom. The second-order valence-corrected chi connectivity index (χ2v) is 16.5. The van der Waals surface area contributed by atoms with Gasteiger partial charge in [0.1, 0.15) is 5.01 Å². The lowest BCUT2D eigenvalue weighted by molar-refractivity contribution is 1.29. The number of nitrogens with zero attached hydrogens (tertiary/aromatic N) is 2. The summed E-state index contributed by atoms with van der Waals surface area (Å²) in [5, 5.41) is 6.09. The summed E-state index contributed by atoms with van der Waals surface area (Å²) in [5.41, 5.74) is 12.8. The Hall–Kier alpha value is -6.85. The summed E-state index contributed by atoms with van der Waals surface area (Å²) in [7, 11) is 0. The van der Waals surface area contributed by atoms with E-state index in [4.69, 9.17) is 4.98 Å². The molecule has 0 amide bonds. The number of thiophene rings is 1.